The third-order valence-electron chi connectivity index (χ3n) is 7.01. The molecule has 0 aliphatic carbocycles. The second-order valence-corrected chi connectivity index (χ2v) is 9.44. The maximum Gasteiger partial charge on any atom is 0.255 e. The highest BCUT2D eigenvalue weighted by atomic mass is 16.2. The molecule has 2 aliphatic heterocycles. The van der Waals surface area contributed by atoms with E-state index in [1.807, 2.05) is 32.0 Å². The molecule has 3 aromatic rings. The van der Waals surface area contributed by atoms with Crippen molar-refractivity contribution in [1.29, 1.82) is 0 Å². The number of benzene rings is 2. The maximum atomic E-state index is 13.3. The molecule has 1 amide bonds. The maximum absolute atomic E-state index is 13.3. The Morgan fingerprint density at radius 1 is 0.971 bits per heavy atom. The Kier molecular flexibility index (Phi) is 5.96. The number of rotatable bonds is 4. The molecule has 1 unspecified atom stereocenters. The Balaban J connectivity index is 1.33. The molecule has 7 nitrogen and oxygen atoms in total. The SMILES string of the molecule is Cc1cccc(C)c1C1Nc2cnc(Cc3ccc(N4CCN(C)CC4)cc3)nc2N(C)C1=O. The van der Waals surface area contributed by atoms with Crippen molar-refractivity contribution in [2.75, 3.05) is 55.4 Å². The van der Waals surface area contributed by atoms with E-state index in [4.69, 9.17) is 4.98 Å². The molecule has 1 atom stereocenters. The first-order valence-electron chi connectivity index (χ1n) is 11.9. The highest BCUT2D eigenvalue weighted by molar-refractivity contribution is 6.04. The summed E-state index contributed by atoms with van der Waals surface area (Å²) in [5.41, 5.74) is 6.42. The quantitative estimate of drug-likeness (QED) is 0.648. The zero-order valence-corrected chi connectivity index (χ0v) is 20.4. The van der Waals surface area contributed by atoms with Crippen molar-refractivity contribution in [3.63, 3.8) is 0 Å². The van der Waals surface area contributed by atoms with Crippen LogP contribution in [0.1, 0.15) is 34.1 Å². The molecule has 0 radical (unpaired) electrons. The molecule has 2 aromatic carbocycles. The second-order valence-electron chi connectivity index (χ2n) is 9.44. The summed E-state index contributed by atoms with van der Waals surface area (Å²) in [4.78, 5) is 29.1. The van der Waals surface area contributed by atoms with E-state index < -0.39 is 6.04 Å². The van der Waals surface area contributed by atoms with Gasteiger partial charge in [0.1, 0.15) is 11.9 Å². The number of amides is 1. The molecule has 3 heterocycles. The Morgan fingerprint density at radius 2 is 1.65 bits per heavy atom. The normalized spacial score (nSPS) is 18.6. The molecular formula is C27H32N6O. The van der Waals surface area contributed by atoms with E-state index in [2.05, 4.69) is 51.4 Å². The van der Waals surface area contributed by atoms with Crippen LogP contribution < -0.4 is 15.1 Å². The van der Waals surface area contributed by atoms with Gasteiger partial charge in [-0.1, -0.05) is 30.3 Å². The van der Waals surface area contributed by atoms with Crippen molar-refractivity contribution in [3.05, 3.63) is 76.7 Å². The largest absolute Gasteiger partial charge is 0.369 e. The first kappa shape index (κ1) is 22.3. The zero-order valence-electron chi connectivity index (χ0n) is 20.4. The van der Waals surface area contributed by atoms with E-state index >= 15 is 0 Å². The summed E-state index contributed by atoms with van der Waals surface area (Å²) in [6, 6.07) is 14.3. The van der Waals surface area contributed by atoms with Crippen molar-refractivity contribution in [2.45, 2.75) is 26.3 Å². The summed E-state index contributed by atoms with van der Waals surface area (Å²) in [6.07, 6.45) is 2.43. The molecule has 176 valence electrons. The monoisotopic (exact) mass is 456 g/mol. The number of carbonyl (C=O) groups is 1. The molecule has 5 rings (SSSR count). The van der Waals surface area contributed by atoms with Gasteiger partial charge in [0.2, 0.25) is 0 Å². The van der Waals surface area contributed by atoms with Crippen LogP contribution in [0.15, 0.2) is 48.7 Å². The first-order chi connectivity index (χ1) is 16.4. The Hall–Kier alpha value is -3.45. The highest BCUT2D eigenvalue weighted by Gasteiger charge is 2.34. The van der Waals surface area contributed by atoms with Crippen LogP contribution in [0.3, 0.4) is 0 Å². The molecule has 1 aromatic heterocycles. The summed E-state index contributed by atoms with van der Waals surface area (Å²) in [7, 11) is 3.97. The topological polar surface area (TPSA) is 64.6 Å². The lowest BCUT2D eigenvalue weighted by molar-refractivity contribution is -0.119. The van der Waals surface area contributed by atoms with E-state index in [1.54, 1.807) is 18.1 Å². The lowest BCUT2D eigenvalue weighted by Gasteiger charge is -2.34. The van der Waals surface area contributed by atoms with Gasteiger partial charge in [0.05, 0.1) is 11.9 Å². The molecule has 1 N–H and O–H groups in total. The fourth-order valence-corrected chi connectivity index (χ4v) is 4.92. The molecule has 0 saturated carbocycles. The van der Waals surface area contributed by atoms with Crippen molar-refractivity contribution in [3.8, 4) is 0 Å². The number of hydrogen-bond acceptors (Lipinski definition) is 6. The number of aryl methyl sites for hydroxylation is 2. The molecular weight excluding hydrogens is 424 g/mol. The summed E-state index contributed by atoms with van der Waals surface area (Å²) >= 11 is 0. The van der Waals surface area contributed by atoms with Crippen LogP contribution in [-0.2, 0) is 11.2 Å². The number of fused-ring (bicyclic) bond motifs is 1. The van der Waals surface area contributed by atoms with Crippen molar-refractivity contribution in [1.82, 2.24) is 14.9 Å². The van der Waals surface area contributed by atoms with E-state index in [-0.39, 0.29) is 5.91 Å². The van der Waals surface area contributed by atoms with Gasteiger partial charge >= 0.3 is 0 Å². The van der Waals surface area contributed by atoms with Crippen LogP contribution in [0.2, 0.25) is 0 Å². The Morgan fingerprint density at radius 3 is 2.32 bits per heavy atom. The fourth-order valence-electron chi connectivity index (χ4n) is 4.92. The van der Waals surface area contributed by atoms with E-state index in [9.17, 15) is 4.79 Å². The predicted octanol–water partition coefficient (Wildman–Crippen LogP) is 3.57. The molecule has 2 aliphatic rings. The molecule has 0 spiro atoms. The van der Waals surface area contributed by atoms with Gasteiger partial charge in [0.15, 0.2) is 5.82 Å². The molecule has 7 heteroatoms. The molecule has 1 fully saturated rings. The number of hydrogen-bond donors (Lipinski definition) is 1. The average molecular weight is 457 g/mol. The van der Waals surface area contributed by atoms with Crippen LogP contribution in [0.5, 0.6) is 0 Å². The summed E-state index contributed by atoms with van der Waals surface area (Å²) < 4.78 is 0. The number of piperazine rings is 1. The van der Waals surface area contributed by atoms with Gasteiger partial charge in [-0.25, -0.2) is 9.97 Å². The summed E-state index contributed by atoms with van der Waals surface area (Å²) in [5.74, 6) is 1.33. The van der Waals surface area contributed by atoms with Gasteiger partial charge in [-0.05, 0) is 55.3 Å². The Bertz CT molecular complexity index is 1180. The molecule has 34 heavy (non-hydrogen) atoms. The lowest BCUT2D eigenvalue weighted by atomic mass is 9.94. The van der Waals surface area contributed by atoms with Gasteiger partial charge in [-0.2, -0.15) is 0 Å². The van der Waals surface area contributed by atoms with E-state index in [0.717, 1.165) is 54.1 Å². The first-order valence-corrected chi connectivity index (χ1v) is 11.9. The third kappa shape index (κ3) is 4.23. The van der Waals surface area contributed by atoms with Gasteiger partial charge in [-0.3, -0.25) is 9.69 Å². The minimum absolute atomic E-state index is 0.00826. The number of anilines is 3. The smallest absolute Gasteiger partial charge is 0.255 e. The second kappa shape index (κ2) is 9.06. The van der Waals surface area contributed by atoms with Gasteiger partial charge in [0, 0.05) is 45.3 Å². The third-order valence-corrected chi connectivity index (χ3v) is 7.01. The summed E-state index contributed by atoms with van der Waals surface area (Å²) in [6.45, 7) is 8.38. The number of nitrogens with zero attached hydrogens (tertiary/aromatic N) is 5. The molecule has 0 bridgehead atoms. The van der Waals surface area contributed by atoms with Crippen LogP contribution in [-0.4, -0.2) is 61.0 Å². The minimum Gasteiger partial charge on any atom is -0.369 e. The van der Waals surface area contributed by atoms with Crippen LogP contribution in [0, 0.1) is 13.8 Å². The predicted molar refractivity (Wildman–Crippen MR) is 137 cm³/mol. The Labute approximate surface area is 201 Å². The fraction of sp³-hybridized carbons (Fsp3) is 0.370. The van der Waals surface area contributed by atoms with Crippen molar-refractivity contribution < 1.29 is 4.79 Å². The van der Waals surface area contributed by atoms with Crippen molar-refractivity contribution in [2.24, 2.45) is 0 Å². The summed E-state index contributed by atoms with van der Waals surface area (Å²) in [5, 5.41) is 3.39. The van der Waals surface area contributed by atoms with Gasteiger partial charge in [-0.15, -0.1) is 0 Å². The number of likely N-dealkylation sites (N-methyl/N-ethyl adjacent to an activating group) is 2. The molecule has 1 saturated heterocycles. The van der Waals surface area contributed by atoms with Crippen LogP contribution >= 0.6 is 0 Å². The number of aromatic nitrogens is 2. The zero-order chi connectivity index (χ0) is 23.8. The van der Waals surface area contributed by atoms with Crippen LogP contribution in [0.4, 0.5) is 17.2 Å². The van der Waals surface area contributed by atoms with E-state index in [1.165, 1.54) is 5.69 Å². The number of carbonyl (C=O) groups excluding carboxylic acids is 1. The van der Waals surface area contributed by atoms with Crippen LogP contribution in [0.25, 0.3) is 0 Å². The highest BCUT2D eigenvalue weighted by Crippen LogP contribution is 2.36. The minimum atomic E-state index is -0.435. The van der Waals surface area contributed by atoms with Crippen molar-refractivity contribution >= 4 is 23.1 Å². The lowest BCUT2D eigenvalue weighted by Crippen LogP contribution is -2.44. The average Bonchev–Trinajstić information content (AvgIpc) is 2.83. The van der Waals surface area contributed by atoms with Gasteiger partial charge in [0.25, 0.3) is 5.91 Å². The standard InChI is InChI=1S/C27H32N6O/c1-18-6-5-7-19(2)24(18)25-27(34)32(4)26-22(29-25)17-28-23(30-26)16-20-8-10-21(11-9-20)33-14-12-31(3)13-15-33/h5-11,17,25,29H,12-16H2,1-4H3. The van der Waals surface area contributed by atoms with Gasteiger partial charge < -0.3 is 15.1 Å². The van der Waals surface area contributed by atoms with E-state index in [0.29, 0.717) is 18.1 Å². The number of nitrogens with one attached hydrogen (secondary N) is 1.